The van der Waals surface area contributed by atoms with E-state index in [-0.39, 0.29) is 18.1 Å². The lowest BCUT2D eigenvalue weighted by Crippen LogP contribution is -2.26. The molecule has 150 valence electrons. The molecule has 1 aliphatic rings. The maximum atomic E-state index is 10.7. The zero-order chi connectivity index (χ0) is 20.5. The largest absolute Gasteiger partial charge is 0.509 e. The molecule has 2 N–H and O–H groups in total. The predicted molar refractivity (Wildman–Crippen MR) is 117 cm³/mol. The van der Waals surface area contributed by atoms with Crippen LogP contribution in [0.1, 0.15) is 31.2 Å². The minimum Gasteiger partial charge on any atom is -0.509 e. The Morgan fingerprint density at radius 2 is 1.93 bits per heavy atom. The van der Waals surface area contributed by atoms with Crippen molar-refractivity contribution in [1.82, 2.24) is 9.55 Å². The van der Waals surface area contributed by atoms with E-state index < -0.39 is 0 Å². The number of imidazole rings is 1. The average Bonchev–Trinajstić information content (AvgIpc) is 3.21. The summed E-state index contributed by atoms with van der Waals surface area (Å²) in [6.45, 7) is 2.46. The summed E-state index contributed by atoms with van der Waals surface area (Å²) in [4.78, 5) is 6.49. The molecule has 0 saturated carbocycles. The van der Waals surface area contributed by atoms with Crippen LogP contribution in [0.4, 0.5) is 5.69 Å². The molecule has 0 fully saturated rings. The zero-order valence-electron chi connectivity index (χ0n) is 17.1. The van der Waals surface area contributed by atoms with E-state index in [1.807, 2.05) is 46.8 Å². The average molecular weight is 390 g/mol. The summed E-state index contributed by atoms with van der Waals surface area (Å²) in [6.07, 6.45) is 3.40. The molecule has 0 unspecified atom stereocenters. The molecule has 6 nitrogen and oxygen atoms in total. The second kappa shape index (κ2) is 7.62. The van der Waals surface area contributed by atoms with E-state index in [2.05, 4.69) is 24.0 Å². The van der Waals surface area contributed by atoms with Gasteiger partial charge in [-0.15, -0.1) is 0 Å². The van der Waals surface area contributed by atoms with E-state index in [0.717, 1.165) is 28.9 Å². The van der Waals surface area contributed by atoms with Crippen LogP contribution in [0, 0.1) is 5.41 Å². The van der Waals surface area contributed by atoms with Crippen LogP contribution in [0.15, 0.2) is 48.2 Å². The summed E-state index contributed by atoms with van der Waals surface area (Å²) < 4.78 is 7.20. The molecule has 4 rings (SSSR count). The van der Waals surface area contributed by atoms with Crippen LogP contribution in [0.5, 0.6) is 5.75 Å². The number of nitrogens with zero attached hydrogens (tertiary/aromatic N) is 3. The Kier molecular flexibility index (Phi) is 5.01. The standard InChI is InChI=1S/C23H26N4O2/c1-4-5-6-15-7-9-16(10-8-15)27-14-20(28)21(22(27)24)23-25-18-13-17(29-3)11-12-19(18)26(23)2/h7-13,24,28H,4-6,14H2,1-3H3. The van der Waals surface area contributed by atoms with Gasteiger partial charge in [-0.3, -0.25) is 5.41 Å². The fourth-order valence-electron chi connectivity index (χ4n) is 3.79. The van der Waals surface area contributed by atoms with Crippen molar-refractivity contribution in [2.24, 2.45) is 7.05 Å². The maximum absolute atomic E-state index is 10.7. The molecule has 0 amide bonds. The first-order valence-corrected chi connectivity index (χ1v) is 9.91. The number of aromatic nitrogens is 2. The second-order valence-corrected chi connectivity index (χ2v) is 7.38. The lowest BCUT2D eigenvalue weighted by atomic mass is 10.1. The monoisotopic (exact) mass is 390 g/mol. The molecule has 0 spiro atoms. The van der Waals surface area contributed by atoms with Gasteiger partial charge in [0.25, 0.3) is 0 Å². The highest BCUT2D eigenvalue weighted by molar-refractivity contribution is 6.30. The van der Waals surface area contributed by atoms with E-state index >= 15 is 0 Å². The smallest absolute Gasteiger partial charge is 0.148 e. The van der Waals surface area contributed by atoms with Gasteiger partial charge in [-0.05, 0) is 42.7 Å². The highest BCUT2D eigenvalue weighted by atomic mass is 16.5. The SMILES string of the molecule is CCCCc1ccc(N2CC(O)=C(c3nc4cc(OC)ccc4n3C)C2=N)cc1. The number of aliphatic hydroxyl groups is 1. The summed E-state index contributed by atoms with van der Waals surface area (Å²) in [5, 5.41) is 19.4. The topological polar surface area (TPSA) is 74.4 Å². The van der Waals surface area contributed by atoms with Gasteiger partial charge in [0.1, 0.15) is 23.2 Å². The first-order valence-electron chi connectivity index (χ1n) is 9.91. The van der Waals surface area contributed by atoms with Gasteiger partial charge in [0.2, 0.25) is 0 Å². The highest BCUT2D eigenvalue weighted by Crippen LogP contribution is 2.33. The normalized spacial score (nSPS) is 14.3. The number of hydrogen-bond acceptors (Lipinski definition) is 4. The number of hydrogen-bond donors (Lipinski definition) is 2. The predicted octanol–water partition coefficient (Wildman–Crippen LogP) is 4.69. The first kappa shape index (κ1) is 19.1. The Morgan fingerprint density at radius 3 is 2.62 bits per heavy atom. The molecule has 2 heterocycles. The molecular formula is C23H26N4O2. The van der Waals surface area contributed by atoms with Crippen molar-refractivity contribution < 1.29 is 9.84 Å². The number of aliphatic hydroxyl groups excluding tert-OH is 1. The van der Waals surface area contributed by atoms with Gasteiger partial charge in [-0.1, -0.05) is 25.5 Å². The fraction of sp³-hybridized carbons (Fsp3) is 0.304. The lowest BCUT2D eigenvalue weighted by molar-refractivity contribution is 0.411. The molecule has 3 aromatic rings. The minimum atomic E-state index is 0.162. The summed E-state index contributed by atoms with van der Waals surface area (Å²) in [5.74, 6) is 1.73. The van der Waals surface area contributed by atoms with Gasteiger partial charge in [0.05, 0.1) is 30.3 Å². The molecule has 0 atom stereocenters. The molecule has 0 aliphatic carbocycles. The van der Waals surface area contributed by atoms with Gasteiger partial charge in [0.15, 0.2) is 0 Å². The third kappa shape index (κ3) is 3.35. The van der Waals surface area contributed by atoms with Crippen LogP contribution < -0.4 is 9.64 Å². The van der Waals surface area contributed by atoms with Crippen molar-refractivity contribution in [3.8, 4) is 5.75 Å². The van der Waals surface area contributed by atoms with Crippen LogP contribution in [0.2, 0.25) is 0 Å². The van der Waals surface area contributed by atoms with Crippen LogP contribution >= 0.6 is 0 Å². The van der Waals surface area contributed by atoms with Gasteiger partial charge in [-0.2, -0.15) is 0 Å². The maximum Gasteiger partial charge on any atom is 0.148 e. The molecular weight excluding hydrogens is 364 g/mol. The quantitative estimate of drug-likeness (QED) is 0.640. The van der Waals surface area contributed by atoms with Crippen LogP contribution in [0.25, 0.3) is 16.6 Å². The molecule has 2 aromatic carbocycles. The van der Waals surface area contributed by atoms with Gasteiger partial charge < -0.3 is 19.3 Å². The number of methoxy groups -OCH3 is 1. The number of unbranched alkanes of at least 4 members (excludes halogenated alkanes) is 1. The van der Waals surface area contributed by atoms with E-state index in [9.17, 15) is 5.11 Å². The minimum absolute atomic E-state index is 0.162. The van der Waals surface area contributed by atoms with Crippen molar-refractivity contribution in [3.63, 3.8) is 0 Å². The summed E-state index contributed by atoms with van der Waals surface area (Å²) in [7, 11) is 3.52. The van der Waals surface area contributed by atoms with Crippen molar-refractivity contribution in [1.29, 1.82) is 5.41 Å². The molecule has 6 heteroatoms. The Bertz CT molecular complexity index is 1100. The van der Waals surface area contributed by atoms with E-state index in [0.29, 0.717) is 11.4 Å². The lowest BCUT2D eigenvalue weighted by Gasteiger charge is -2.19. The molecule has 29 heavy (non-hydrogen) atoms. The van der Waals surface area contributed by atoms with Crippen molar-refractivity contribution >= 4 is 28.1 Å². The summed E-state index contributed by atoms with van der Waals surface area (Å²) in [6, 6.07) is 13.9. The van der Waals surface area contributed by atoms with E-state index in [1.54, 1.807) is 7.11 Å². The number of nitrogens with one attached hydrogen (secondary N) is 1. The Labute approximate surface area is 170 Å². The number of amidine groups is 1. The second-order valence-electron chi connectivity index (χ2n) is 7.38. The highest BCUT2D eigenvalue weighted by Gasteiger charge is 2.32. The molecule has 1 aliphatic heterocycles. The summed E-state index contributed by atoms with van der Waals surface area (Å²) in [5.41, 5.74) is 4.36. The van der Waals surface area contributed by atoms with Gasteiger partial charge >= 0.3 is 0 Å². The van der Waals surface area contributed by atoms with E-state index in [4.69, 9.17) is 10.1 Å². The third-order valence-corrected chi connectivity index (χ3v) is 5.48. The summed E-state index contributed by atoms with van der Waals surface area (Å²) >= 11 is 0. The van der Waals surface area contributed by atoms with Crippen molar-refractivity contribution in [2.45, 2.75) is 26.2 Å². The number of benzene rings is 2. The van der Waals surface area contributed by atoms with Crippen LogP contribution in [0.3, 0.4) is 0 Å². The number of rotatable bonds is 6. The first-order chi connectivity index (χ1) is 14.0. The van der Waals surface area contributed by atoms with Crippen molar-refractivity contribution in [2.75, 3.05) is 18.6 Å². The Hall–Kier alpha value is -3.28. The third-order valence-electron chi connectivity index (χ3n) is 5.48. The molecule has 0 bridgehead atoms. The zero-order valence-corrected chi connectivity index (χ0v) is 17.1. The number of anilines is 1. The molecule has 0 saturated heterocycles. The number of ether oxygens (including phenoxy) is 1. The molecule has 1 aromatic heterocycles. The van der Waals surface area contributed by atoms with Crippen LogP contribution in [-0.2, 0) is 13.5 Å². The van der Waals surface area contributed by atoms with Gasteiger partial charge in [-0.25, -0.2) is 4.98 Å². The van der Waals surface area contributed by atoms with Gasteiger partial charge in [0, 0.05) is 18.8 Å². The Balaban J connectivity index is 1.64. The number of fused-ring (bicyclic) bond motifs is 1. The fourth-order valence-corrected chi connectivity index (χ4v) is 3.79. The van der Waals surface area contributed by atoms with Crippen LogP contribution in [-0.4, -0.2) is 34.1 Å². The molecule has 0 radical (unpaired) electrons. The Morgan fingerprint density at radius 1 is 1.17 bits per heavy atom. The van der Waals surface area contributed by atoms with E-state index in [1.165, 1.54) is 18.4 Å². The van der Waals surface area contributed by atoms with Crippen molar-refractivity contribution in [3.05, 3.63) is 59.6 Å². The number of aryl methyl sites for hydroxylation is 2.